The molecule has 1 atom stereocenters. The van der Waals surface area contributed by atoms with Crippen molar-refractivity contribution in [2.45, 2.75) is 52.5 Å². The van der Waals surface area contributed by atoms with Gasteiger partial charge in [-0.1, -0.05) is 5.16 Å². The SMILES string of the molecule is Cc1ccc(C(=O)N2CCC[C@@H]2CCc2cncc(-c3c(C)noc3C)n2)cn1. The second-order valence-corrected chi connectivity index (χ2v) is 7.62. The molecule has 0 unspecified atom stereocenters. The van der Waals surface area contributed by atoms with E-state index in [1.165, 1.54) is 0 Å². The van der Waals surface area contributed by atoms with Gasteiger partial charge in [-0.3, -0.25) is 14.8 Å². The van der Waals surface area contributed by atoms with Crippen LogP contribution in [0, 0.1) is 20.8 Å². The lowest BCUT2D eigenvalue weighted by Gasteiger charge is -2.24. The molecule has 1 amide bonds. The highest BCUT2D eigenvalue weighted by Gasteiger charge is 2.29. The molecule has 150 valence electrons. The average Bonchev–Trinajstić information content (AvgIpc) is 3.33. The molecule has 1 saturated heterocycles. The molecule has 1 aliphatic rings. The van der Waals surface area contributed by atoms with Gasteiger partial charge in [0.1, 0.15) is 5.76 Å². The van der Waals surface area contributed by atoms with Gasteiger partial charge < -0.3 is 9.42 Å². The van der Waals surface area contributed by atoms with E-state index in [0.29, 0.717) is 5.56 Å². The Morgan fingerprint density at radius 3 is 2.79 bits per heavy atom. The molecule has 7 nitrogen and oxygen atoms in total. The molecule has 3 aromatic heterocycles. The van der Waals surface area contributed by atoms with Gasteiger partial charge in [0.05, 0.1) is 34.4 Å². The number of likely N-dealkylation sites (tertiary alicyclic amines) is 1. The van der Waals surface area contributed by atoms with Crippen molar-refractivity contribution in [3.8, 4) is 11.3 Å². The maximum atomic E-state index is 12.9. The lowest BCUT2D eigenvalue weighted by Crippen LogP contribution is -2.36. The van der Waals surface area contributed by atoms with Gasteiger partial charge in [-0.15, -0.1) is 0 Å². The third kappa shape index (κ3) is 4.04. The first kappa shape index (κ1) is 19.2. The molecule has 7 heteroatoms. The fraction of sp³-hybridized carbons (Fsp3) is 0.409. The summed E-state index contributed by atoms with van der Waals surface area (Å²) in [4.78, 5) is 28.3. The van der Waals surface area contributed by atoms with Crippen molar-refractivity contribution >= 4 is 5.91 Å². The van der Waals surface area contributed by atoms with E-state index in [9.17, 15) is 4.79 Å². The average molecular weight is 391 g/mol. The number of aryl methyl sites for hydroxylation is 4. The van der Waals surface area contributed by atoms with Gasteiger partial charge in [0.2, 0.25) is 0 Å². The molecular weight excluding hydrogens is 366 g/mol. The Morgan fingerprint density at radius 2 is 2.07 bits per heavy atom. The zero-order valence-corrected chi connectivity index (χ0v) is 17.1. The van der Waals surface area contributed by atoms with E-state index in [2.05, 4.69) is 15.1 Å². The minimum absolute atomic E-state index is 0.0653. The minimum Gasteiger partial charge on any atom is -0.361 e. The quantitative estimate of drug-likeness (QED) is 0.659. The van der Waals surface area contributed by atoms with Crippen LogP contribution in [0.2, 0.25) is 0 Å². The fourth-order valence-corrected chi connectivity index (χ4v) is 3.97. The van der Waals surface area contributed by atoms with Crippen molar-refractivity contribution in [1.29, 1.82) is 0 Å². The van der Waals surface area contributed by atoms with Crippen LogP contribution >= 0.6 is 0 Å². The van der Waals surface area contributed by atoms with E-state index in [4.69, 9.17) is 9.51 Å². The van der Waals surface area contributed by atoms with Crippen LogP contribution in [-0.2, 0) is 6.42 Å². The fourth-order valence-electron chi connectivity index (χ4n) is 3.97. The molecule has 29 heavy (non-hydrogen) atoms. The summed E-state index contributed by atoms with van der Waals surface area (Å²) in [6.45, 7) is 6.50. The third-order valence-corrected chi connectivity index (χ3v) is 5.50. The highest BCUT2D eigenvalue weighted by molar-refractivity contribution is 5.94. The van der Waals surface area contributed by atoms with E-state index in [1.807, 2.05) is 37.8 Å². The molecule has 1 fully saturated rings. The Bertz CT molecular complexity index is 993. The highest BCUT2D eigenvalue weighted by atomic mass is 16.5. The summed E-state index contributed by atoms with van der Waals surface area (Å²) < 4.78 is 5.25. The predicted octanol–water partition coefficient (Wildman–Crippen LogP) is 3.69. The molecule has 4 rings (SSSR count). The Hall–Kier alpha value is -3.09. The summed E-state index contributed by atoms with van der Waals surface area (Å²) >= 11 is 0. The summed E-state index contributed by atoms with van der Waals surface area (Å²) in [6, 6.07) is 3.96. The Kier molecular flexibility index (Phi) is 5.38. The number of aromatic nitrogens is 4. The van der Waals surface area contributed by atoms with Gasteiger partial charge in [-0.2, -0.15) is 0 Å². The molecule has 4 heterocycles. The van der Waals surface area contributed by atoms with Crippen molar-refractivity contribution in [3.05, 3.63) is 59.1 Å². The Morgan fingerprint density at radius 1 is 1.21 bits per heavy atom. The van der Waals surface area contributed by atoms with Gasteiger partial charge in [-0.25, -0.2) is 4.98 Å². The summed E-state index contributed by atoms with van der Waals surface area (Å²) in [7, 11) is 0. The molecule has 0 spiro atoms. The van der Waals surface area contributed by atoms with Crippen molar-refractivity contribution in [1.82, 2.24) is 25.0 Å². The molecule has 0 saturated carbocycles. The monoisotopic (exact) mass is 391 g/mol. The Balaban J connectivity index is 1.45. The van der Waals surface area contributed by atoms with Crippen LogP contribution in [0.4, 0.5) is 0 Å². The van der Waals surface area contributed by atoms with Gasteiger partial charge in [0.15, 0.2) is 0 Å². The number of nitrogens with zero attached hydrogens (tertiary/aromatic N) is 5. The smallest absolute Gasteiger partial charge is 0.255 e. The summed E-state index contributed by atoms with van der Waals surface area (Å²) in [5.41, 5.74) is 4.98. The van der Waals surface area contributed by atoms with Crippen molar-refractivity contribution < 1.29 is 9.32 Å². The van der Waals surface area contributed by atoms with Crippen LogP contribution < -0.4 is 0 Å². The van der Waals surface area contributed by atoms with E-state index < -0.39 is 0 Å². The minimum atomic E-state index is 0.0653. The van der Waals surface area contributed by atoms with Crippen LogP contribution in [0.1, 0.15) is 52.5 Å². The van der Waals surface area contributed by atoms with Crippen molar-refractivity contribution in [3.63, 3.8) is 0 Å². The molecule has 0 radical (unpaired) electrons. The largest absolute Gasteiger partial charge is 0.361 e. The van der Waals surface area contributed by atoms with Crippen molar-refractivity contribution in [2.75, 3.05) is 6.54 Å². The van der Waals surface area contributed by atoms with Gasteiger partial charge >= 0.3 is 0 Å². The maximum absolute atomic E-state index is 12.9. The molecule has 0 aromatic carbocycles. The number of rotatable bonds is 5. The molecular formula is C22H25N5O2. The molecule has 1 aliphatic heterocycles. The predicted molar refractivity (Wildman–Crippen MR) is 108 cm³/mol. The number of hydrogen-bond donors (Lipinski definition) is 0. The van der Waals surface area contributed by atoms with E-state index in [1.54, 1.807) is 18.6 Å². The Labute approximate surface area is 170 Å². The number of carbonyl (C=O) groups excluding carboxylic acids is 1. The maximum Gasteiger partial charge on any atom is 0.255 e. The molecule has 0 N–H and O–H groups in total. The number of hydrogen-bond acceptors (Lipinski definition) is 6. The van der Waals surface area contributed by atoms with E-state index in [0.717, 1.165) is 66.3 Å². The van der Waals surface area contributed by atoms with Gasteiger partial charge in [-0.05, 0) is 58.6 Å². The topological polar surface area (TPSA) is 85.0 Å². The van der Waals surface area contributed by atoms with Crippen LogP contribution in [0.25, 0.3) is 11.3 Å². The lowest BCUT2D eigenvalue weighted by atomic mass is 10.1. The van der Waals surface area contributed by atoms with Gasteiger partial charge in [0, 0.05) is 30.7 Å². The first-order valence-electron chi connectivity index (χ1n) is 10.0. The molecule has 3 aromatic rings. The van der Waals surface area contributed by atoms with Crippen molar-refractivity contribution in [2.24, 2.45) is 0 Å². The van der Waals surface area contributed by atoms with Crippen LogP contribution in [-0.4, -0.2) is 43.5 Å². The standard InChI is InChI=1S/C22H25N5O2/c1-14-6-7-17(11-24-14)22(28)27-10-4-5-19(27)9-8-18-12-23-13-20(25-18)21-15(2)26-29-16(21)3/h6-7,11-13,19H,4-5,8-10H2,1-3H3/t19-/m1/s1. The number of carbonyl (C=O) groups is 1. The summed E-state index contributed by atoms with van der Waals surface area (Å²) in [5.74, 6) is 0.809. The third-order valence-electron chi connectivity index (χ3n) is 5.50. The normalized spacial score (nSPS) is 16.4. The van der Waals surface area contributed by atoms with Crippen LogP contribution in [0.5, 0.6) is 0 Å². The first-order valence-corrected chi connectivity index (χ1v) is 10.0. The summed E-state index contributed by atoms with van der Waals surface area (Å²) in [5, 5.41) is 4.00. The van der Waals surface area contributed by atoms with Crippen LogP contribution in [0.15, 0.2) is 35.2 Å². The van der Waals surface area contributed by atoms with E-state index in [-0.39, 0.29) is 11.9 Å². The second kappa shape index (κ2) is 8.11. The molecule has 0 aliphatic carbocycles. The summed E-state index contributed by atoms with van der Waals surface area (Å²) in [6.07, 6.45) is 8.89. The molecule has 0 bridgehead atoms. The second-order valence-electron chi connectivity index (χ2n) is 7.62. The zero-order chi connectivity index (χ0) is 20.4. The first-order chi connectivity index (χ1) is 14.0. The zero-order valence-electron chi connectivity index (χ0n) is 17.1. The van der Waals surface area contributed by atoms with Gasteiger partial charge in [0.25, 0.3) is 5.91 Å². The highest BCUT2D eigenvalue weighted by Crippen LogP contribution is 2.26. The van der Waals surface area contributed by atoms with E-state index >= 15 is 0 Å². The number of pyridine rings is 1. The van der Waals surface area contributed by atoms with Crippen LogP contribution in [0.3, 0.4) is 0 Å². The number of amides is 1. The lowest BCUT2D eigenvalue weighted by molar-refractivity contribution is 0.0730.